The molecule has 0 atom stereocenters. The first-order valence-electron chi connectivity index (χ1n) is 5.79. The van der Waals surface area contributed by atoms with E-state index < -0.39 is 0 Å². The smallest absolute Gasteiger partial charge is 0.119 e. The van der Waals surface area contributed by atoms with Crippen LogP contribution in [0.25, 0.3) is 0 Å². The molecule has 0 amide bonds. The second-order valence-electron chi connectivity index (χ2n) is 4.55. The summed E-state index contributed by atoms with van der Waals surface area (Å²) in [4.78, 5) is 0. The van der Waals surface area contributed by atoms with Gasteiger partial charge < -0.3 is 9.84 Å². The molecule has 0 aliphatic rings. The number of phenols is 1. The van der Waals surface area contributed by atoms with Crippen molar-refractivity contribution in [3.63, 3.8) is 0 Å². The third-order valence-corrected chi connectivity index (χ3v) is 2.12. The van der Waals surface area contributed by atoms with Crippen LogP contribution < -0.4 is 0 Å². The van der Waals surface area contributed by atoms with Gasteiger partial charge in [-0.3, -0.25) is 0 Å². The minimum absolute atomic E-state index is 0.0331. The number of ether oxygens (including phenoxy) is 1. The molecule has 0 saturated heterocycles. The van der Waals surface area contributed by atoms with E-state index in [0.717, 1.165) is 18.8 Å². The second-order valence-corrected chi connectivity index (χ2v) is 4.55. The van der Waals surface area contributed by atoms with E-state index in [1.807, 2.05) is 32.0 Å². The maximum Gasteiger partial charge on any atom is 0.119 e. The largest absolute Gasteiger partial charge is 0.508 e. The highest BCUT2D eigenvalue weighted by atomic mass is 16.5. The Labute approximate surface area is 99.3 Å². The summed E-state index contributed by atoms with van der Waals surface area (Å²) in [7, 11) is 0. The Morgan fingerprint density at radius 1 is 1.06 bits per heavy atom. The van der Waals surface area contributed by atoms with E-state index in [9.17, 15) is 5.11 Å². The fourth-order valence-corrected chi connectivity index (χ4v) is 1.31. The summed E-state index contributed by atoms with van der Waals surface area (Å²) in [5.41, 5.74) is 1.03. The Morgan fingerprint density at radius 2 is 1.56 bits per heavy atom. The molecule has 0 aliphatic heterocycles. The standard InChI is InChI=1S/C10H14O.C4H10O/c1-10(2,3)8-6-4-5-7-9(8)11;1-3-5-4-2/h4-7,11H,1-3H3;3-4H2,1-2H3. The number of hydrogen-bond acceptors (Lipinski definition) is 2. The molecule has 0 saturated carbocycles. The minimum Gasteiger partial charge on any atom is -0.508 e. The van der Waals surface area contributed by atoms with Crippen LogP contribution in [0.5, 0.6) is 5.75 Å². The Hall–Kier alpha value is -1.02. The van der Waals surface area contributed by atoms with Crippen LogP contribution in [0.3, 0.4) is 0 Å². The highest BCUT2D eigenvalue weighted by molar-refractivity contribution is 5.36. The highest BCUT2D eigenvalue weighted by Crippen LogP contribution is 2.29. The van der Waals surface area contributed by atoms with Gasteiger partial charge in [0, 0.05) is 13.2 Å². The van der Waals surface area contributed by atoms with Gasteiger partial charge >= 0.3 is 0 Å². The molecule has 0 radical (unpaired) electrons. The zero-order chi connectivity index (χ0) is 12.6. The topological polar surface area (TPSA) is 29.5 Å². The number of phenolic OH excluding ortho intramolecular Hbond substituents is 1. The zero-order valence-electron chi connectivity index (χ0n) is 11.1. The third-order valence-electron chi connectivity index (χ3n) is 2.12. The molecule has 0 bridgehead atoms. The van der Waals surface area contributed by atoms with Crippen LogP contribution in [0.1, 0.15) is 40.2 Å². The van der Waals surface area contributed by atoms with Crippen molar-refractivity contribution in [1.29, 1.82) is 0 Å². The predicted octanol–water partition coefficient (Wildman–Crippen LogP) is 3.73. The molecule has 92 valence electrons. The Balaban J connectivity index is 0.000000385. The van der Waals surface area contributed by atoms with Gasteiger partial charge in [0.05, 0.1) is 0 Å². The maximum absolute atomic E-state index is 9.45. The van der Waals surface area contributed by atoms with Gasteiger partial charge in [-0.05, 0) is 30.9 Å². The van der Waals surface area contributed by atoms with Crippen molar-refractivity contribution in [1.82, 2.24) is 0 Å². The summed E-state index contributed by atoms with van der Waals surface area (Å²) >= 11 is 0. The van der Waals surface area contributed by atoms with E-state index in [-0.39, 0.29) is 5.41 Å². The maximum atomic E-state index is 9.45. The normalized spacial score (nSPS) is 10.6. The van der Waals surface area contributed by atoms with Crippen molar-refractivity contribution < 1.29 is 9.84 Å². The molecule has 16 heavy (non-hydrogen) atoms. The summed E-state index contributed by atoms with van der Waals surface area (Å²) in [6, 6.07) is 7.46. The van der Waals surface area contributed by atoms with Crippen LogP contribution >= 0.6 is 0 Å². The number of benzene rings is 1. The first-order valence-corrected chi connectivity index (χ1v) is 5.79. The van der Waals surface area contributed by atoms with E-state index in [1.165, 1.54) is 0 Å². The van der Waals surface area contributed by atoms with Gasteiger partial charge in [-0.2, -0.15) is 0 Å². The van der Waals surface area contributed by atoms with Gasteiger partial charge in [0.2, 0.25) is 0 Å². The summed E-state index contributed by atoms with van der Waals surface area (Å²) in [6.45, 7) is 11.9. The van der Waals surface area contributed by atoms with Gasteiger partial charge in [0.15, 0.2) is 0 Å². The molecule has 0 fully saturated rings. The second kappa shape index (κ2) is 7.29. The van der Waals surface area contributed by atoms with Gasteiger partial charge in [-0.25, -0.2) is 0 Å². The Morgan fingerprint density at radius 3 is 1.81 bits per heavy atom. The molecule has 1 rings (SSSR count). The number of rotatable bonds is 2. The van der Waals surface area contributed by atoms with E-state index in [4.69, 9.17) is 4.74 Å². The third kappa shape index (κ3) is 5.76. The van der Waals surface area contributed by atoms with Crippen LogP contribution in [0.4, 0.5) is 0 Å². The van der Waals surface area contributed by atoms with Gasteiger partial charge in [-0.15, -0.1) is 0 Å². The molecule has 0 heterocycles. The Kier molecular flexibility index (Phi) is 6.82. The lowest BCUT2D eigenvalue weighted by atomic mass is 9.86. The minimum atomic E-state index is 0.0331. The lowest BCUT2D eigenvalue weighted by molar-refractivity contribution is 0.162. The number of para-hydroxylation sites is 1. The van der Waals surface area contributed by atoms with Crippen LogP contribution in [-0.4, -0.2) is 18.3 Å². The summed E-state index contributed by atoms with van der Waals surface area (Å²) in [5, 5.41) is 9.45. The quantitative estimate of drug-likeness (QED) is 0.829. The molecule has 0 spiro atoms. The molecule has 2 nitrogen and oxygen atoms in total. The average molecular weight is 224 g/mol. The van der Waals surface area contributed by atoms with Gasteiger partial charge in [-0.1, -0.05) is 39.0 Å². The average Bonchev–Trinajstić information content (AvgIpc) is 2.19. The van der Waals surface area contributed by atoms with Crippen molar-refractivity contribution in [2.75, 3.05) is 13.2 Å². The molecule has 2 heteroatoms. The molecule has 0 aliphatic carbocycles. The number of hydrogen-bond donors (Lipinski definition) is 1. The summed E-state index contributed by atoms with van der Waals surface area (Å²) in [5.74, 6) is 0.389. The first kappa shape index (κ1) is 15.0. The van der Waals surface area contributed by atoms with E-state index in [0.29, 0.717) is 5.75 Å². The SMILES string of the molecule is CC(C)(C)c1ccccc1O.CCOCC. The van der Waals surface area contributed by atoms with Gasteiger partial charge in [0.25, 0.3) is 0 Å². The molecular formula is C14H24O2. The molecule has 0 unspecified atom stereocenters. The highest BCUT2D eigenvalue weighted by Gasteiger charge is 2.16. The molecule has 1 N–H and O–H groups in total. The van der Waals surface area contributed by atoms with E-state index >= 15 is 0 Å². The van der Waals surface area contributed by atoms with Gasteiger partial charge in [0.1, 0.15) is 5.75 Å². The van der Waals surface area contributed by atoms with E-state index in [1.54, 1.807) is 6.07 Å². The lowest BCUT2D eigenvalue weighted by Crippen LogP contribution is -2.10. The first-order chi connectivity index (χ1) is 7.43. The van der Waals surface area contributed by atoms with Crippen molar-refractivity contribution in [2.24, 2.45) is 0 Å². The fraction of sp³-hybridized carbons (Fsp3) is 0.571. The van der Waals surface area contributed by atoms with Crippen molar-refractivity contribution in [3.05, 3.63) is 29.8 Å². The van der Waals surface area contributed by atoms with Crippen molar-refractivity contribution >= 4 is 0 Å². The summed E-state index contributed by atoms with van der Waals surface area (Å²) in [6.07, 6.45) is 0. The fourth-order valence-electron chi connectivity index (χ4n) is 1.31. The van der Waals surface area contributed by atoms with Crippen molar-refractivity contribution in [2.45, 2.75) is 40.0 Å². The summed E-state index contributed by atoms with van der Waals surface area (Å²) < 4.78 is 4.83. The zero-order valence-corrected chi connectivity index (χ0v) is 11.1. The van der Waals surface area contributed by atoms with Crippen molar-refractivity contribution in [3.8, 4) is 5.75 Å². The predicted molar refractivity (Wildman–Crippen MR) is 69.0 cm³/mol. The van der Waals surface area contributed by atoms with E-state index in [2.05, 4.69) is 20.8 Å². The van der Waals surface area contributed by atoms with Crippen LogP contribution in [0.2, 0.25) is 0 Å². The van der Waals surface area contributed by atoms with Crippen LogP contribution in [0, 0.1) is 0 Å². The molecule has 0 aromatic heterocycles. The van der Waals surface area contributed by atoms with Crippen LogP contribution in [0.15, 0.2) is 24.3 Å². The lowest BCUT2D eigenvalue weighted by Gasteiger charge is -2.19. The molecule has 1 aromatic carbocycles. The monoisotopic (exact) mass is 224 g/mol. The molecular weight excluding hydrogens is 200 g/mol. The van der Waals surface area contributed by atoms with Crippen LogP contribution in [-0.2, 0) is 10.2 Å². The Bertz CT molecular complexity index is 285. The number of aromatic hydroxyl groups is 1. The molecule has 1 aromatic rings.